The SMILES string of the molecule is O=C(Nc1ccc(-c2cnco2)cc1)c1ccc(F)nc1. The van der Waals surface area contributed by atoms with Crippen molar-refractivity contribution in [1.29, 1.82) is 0 Å². The first kappa shape index (κ1) is 13.0. The van der Waals surface area contributed by atoms with Crippen LogP contribution < -0.4 is 5.32 Å². The second-order valence-corrected chi connectivity index (χ2v) is 4.27. The van der Waals surface area contributed by atoms with Crippen LogP contribution >= 0.6 is 0 Å². The zero-order chi connectivity index (χ0) is 14.7. The molecule has 1 N–H and O–H groups in total. The molecule has 0 aliphatic heterocycles. The van der Waals surface area contributed by atoms with E-state index in [1.165, 1.54) is 18.7 Å². The Bertz CT molecular complexity index is 738. The molecular formula is C15H10FN3O2. The van der Waals surface area contributed by atoms with Gasteiger partial charge in [0, 0.05) is 17.4 Å². The van der Waals surface area contributed by atoms with Gasteiger partial charge in [-0.2, -0.15) is 4.39 Å². The molecule has 0 unspecified atom stereocenters. The van der Waals surface area contributed by atoms with Crippen LogP contribution in [0.1, 0.15) is 10.4 Å². The number of nitrogens with one attached hydrogen (secondary N) is 1. The number of anilines is 1. The van der Waals surface area contributed by atoms with Crippen molar-refractivity contribution in [2.24, 2.45) is 0 Å². The normalized spacial score (nSPS) is 10.3. The fraction of sp³-hybridized carbons (Fsp3) is 0. The van der Waals surface area contributed by atoms with E-state index in [4.69, 9.17) is 4.42 Å². The van der Waals surface area contributed by atoms with Crippen molar-refractivity contribution < 1.29 is 13.6 Å². The summed E-state index contributed by atoms with van der Waals surface area (Å²) in [6.45, 7) is 0. The van der Waals surface area contributed by atoms with Crippen molar-refractivity contribution in [1.82, 2.24) is 9.97 Å². The predicted molar refractivity (Wildman–Crippen MR) is 74.1 cm³/mol. The molecule has 5 nitrogen and oxygen atoms in total. The van der Waals surface area contributed by atoms with E-state index in [1.54, 1.807) is 30.5 Å². The van der Waals surface area contributed by atoms with Gasteiger partial charge in [0.1, 0.15) is 0 Å². The number of pyridine rings is 1. The highest BCUT2D eigenvalue weighted by molar-refractivity contribution is 6.04. The average molecular weight is 283 g/mol. The van der Waals surface area contributed by atoms with Gasteiger partial charge in [0.15, 0.2) is 12.2 Å². The van der Waals surface area contributed by atoms with Gasteiger partial charge in [-0.3, -0.25) is 4.79 Å². The van der Waals surface area contributed by atoms with Gasteiger partial charge in [-0.1, -0.05) is 0 Å². The van der Waals surface area contributed by atoms with Crippen LogP contribution in [0.25, 0.3) is 11.3 Å². The van der Waals surface area contributed by atoms with E-state index in [9.17, 15) is 9.18 Å². The topological polar surface area (TPSA) is 68.0 Å². The molecule has 0 radical (unpaired) electrons. The molecule has 0 bridgehead atoms. The van der Waals surface area contributed by atoms with Crippen LogP contribution in [0.3, 0.4) is 0 Å². The zero-order valence-electron chi connectivity index (χ0n) is 10.8. The minimum atomic E-state index is -0.622. The Balaban J connectivity index is 1.73. The molecule has 21 heavy (non-hydrogen) atoms. The minimum Gasteiger partial charge on any atom is -0.444 e. The highest BCUT2D eigenvalue weighted by atomic mass is 19.1. The molecule has 1 aromatic carbocycles. The summed E-state index contributed by atoms with van der Waals surface area (Å²) in [6.07, 6.45) is 4.15. The van der Waals surface area contributed by atoms with Gasteiger partial charge in [-0.15, -0.1) is 0 Å². The minimum absolute atomic E-state index is 0.288. The number of oxazole rings is 1. The summed E-state index contributed by atoms with van der Waals surface area (Å²) in [4.78, 5) is 19.2. The highest BCUT2D eigenvalue weighted by Crippen LogP contribution is 2.21. The lowest BCUT2D eigenvalue weighted by molar-refractivity contribution is 0.102. The molecule has 2 heterocycles. The van der Waals surface area contributed by atoms with Crippen LogP contribution in [-0.4, -0.2) is 15.9 Å². The average Bonchev–Trinajstić information content (AvgIpc) is 3.03. The van der Waals surface area contributed by atoms with Crippen molar-refractivity contribution in [2.75, 3.05) is 5.32 Å². The van der Waals surface area contributed by atoms with Crippen LogP contribution in [0, 0.1) is 5.95 Å². The number of benzene rings is 1. The third-order valence-corrected chi connectivity index (χ3v) is 2.85. The lowest BCUT2D eigenvalue weighted by Crippen LogP contribution is -2.12. The third kappa shape index (κ3) is 2.94. The lowest BCUT2D eigenvalue weighted by atomic mass is 10.1. The number of hydrogen-bond acceptors (Lipinski definition) is 4. The monoisotopic (exact) mass is 283 g/mol. The summed E-state index contributed by atoms with van der Waals surface area (Å²) in [5.74, 6) is -0.325. The zero-order valence-corrected chi connectivity index (χ0v) is 10.8. The first-order valence-electron chi connectivity index (χ1n) is 6.14. The molecule has 2 aromatic heterocycles. The molecule has 6 heteroatoms. The Kier molecular flexibility index (Phi) is 3.42. The number of nitrogens with zero attached hydrogens (tertiary/aromatic N) is 2. The molecule has 0 spiro atoms. The summed E-state index contributed by atoms with van der Waals surface area (Å²) in [5, 5.41) is 2.70. The van der Waals surface area contributed by atoms with Gasteiger partial charge in [-0.25, -0.2) is 9.97 Å². The molecule has 3 aromatic rings. The quantitative estimate of drug-likeness (QED) is 0.750. The summed E-state index contributed by atoms with van der Waals surface area (Å²) < 4.78 is 17.9. The van der Waals surface area contributed by atoms with E-state index in [-0.39, 0.29) is 11.5 Å². The molecular weight excluding hydrogens is 273 g/mol. The predicted octanol–water partition coefficient (Wildman–Crippen LogP) is 3.13. The first-order valence-corrected chi connectivity index (χ1v) is 6.14. The Morgan fingerprint density at radius 3 is 2.52 bits per heavy atom. The number of halogens is 1. The number of carbonyl (C=O) groups is 1. The Morgan fingerprint density at radius 1 is 1.10 bits per heavy atom. The number of hydrogen-bond donors (Lipinski definition) is 1. The Labute approximate surface area is 119 Å². The van der Waals surface area contributed by atoms with E-state index in [1.807, 2.05) is 0 Å². The van der Waals surface area contributed by atoms with Crippen LogP contribution in [-0.2, 0) is 0 Å². The molecule has 0 aliphatic rings. The third-order valence-electron chi connectivity index (χ3n) is 2.85. The number of aromatic nitrogens is 2. The number of carbonyl (C=O) groups excluding carboxylic acids is 1. The molecule has 3 rings (SSSR count). The molecule has 0 saturated heterocycles. The van der Waals surface area contributed by atoms with E-state index in [0.717, 1.165) is 11.6 Å². The van der Waals surface area contributed by atoms with Gasteiger partial charge in [0.2, 0.25) is 5.95 Å². The van der Waals surface area contributed by atoms with Gasteiger partial charge in [-0.05, 0) is 36.4 Å². The second kappa shape index (κ2) is 5.54. The van der Waals surface area contributed by atoms with E-state index in [0.29, 0.717) is 11.4 Å². The number of rotatable bonds is 3. The first-order chi connectivity index (χ1) is 10.2. The van der Waals surface area contributed by atoms with Crippen LogP contribution in [0.4, 0.5) is 10.1 Å². The molecule has 0 fully saturated rings. The van der Waals surface area contributed by atoms with Crippen LogP contribution in [0.5, 0.6) is 0 Å². The Morgan fingerprint density at radius 2 is 1.90 bits per heavy atom. The van der Waals surface area contributed by atoms with Gasteiger partial charge >= 0.3 is 0 Å². The lowest BCUT2D eigenvalue weighted by Gasteiger charge is -2.05. The summed E-state index contributed by atoms with van der Waals surface area (Å²) in [6, 6.07) is 9.61. The van der Waals surface area contributed by atoms with Crippen molar-refractivity contribution in [3.63, 3.8) is 0 Å². The largest absolute Gasteiger partial charge is 0.444 e. The fourth-order valence-corrected chi connectivity index (χ4v) is 1.79. The van der Waals surface area contributed by atoms with E-state index < -0.39 is 5.95 Å². The Hall–Kier alpha value is -3.02. The smallest absolute Gasteiger partial charge is 0.257 e. The number of amides is 1. The van der Waals surface area contributed by atoms with Crippen molar-refractivity contribution in [2.45, 2.75) is 0 Å². The molecule has 104 valence electrons. The van der Waals surface area contributed by atoms with Crippen molar-refractivity contribution >= 4 is 11.6 Å². The molecule has 0 atom stereocenters. The van der Waals surface area contributed by atoms with Crippen LogP contribution in [0.2, 0.25) is 0 Å². The van der Waals surface area contributed by atoms with Crippen molar-refractivity contribution in [3.8, 4) is 11.3 Å². The summed E-state index contributed by atoms with van der Waals surface area (Å²) in [7, 11) is 0. The molecule has 1 amide bonds. The second-order valence-electron chi connectivity index (χ2n) is 4.27. The molecule has 0 saturated carbocycles. The maximum Gasteiger partial charge on any atom is 0.257 e. The van der Waals surface area contributed by atoms with Crippen LogP contribution in [0.15, 0.2) is 59.6 Å². The highest BCUT2D eigenvalue weighted by Gasteiger charge is 2.07. The van der Waals surface area contributed by atoms with E-state index >= 15 is 0 Å². The van der Waals surface area contributed by atoms with Crippen molar-refractivity contribution in [3.05, 3.63) is 66.7 Å². The summed E-state index contributed by atoms with van der Waals surface area (Å²) in [5.41, 5.74) is 1.76. The standard InChI is InChI=1S/C15H10FN3O2/c16-14-6-3-11(7-18-14)15(20)19-12-4-1-10(2-5-12)13-8-17-9-21-13/h1-9H,(H,19,20). The van der Waals surface area contributed by atoms with Gasteiger partial charge in [0.25, 0.3) is 5.91 Å². The van der Waals surface area contributed by atoms with Gasteiger partial charge in [0.05, 0.1) is 11.8 Å². The maximum absolute atomic E-state index is 12.7. The summed E-state index contributed by atoms with van der Waals surface area (Å²) >= 11 is 0. The molecule has 0 aliphatic carbocycles. The van der Waals surface area contributed by atoms with Gasteiger partial charge < -0.3 is 9.73 Å². The van der Waals surface area contributed by atoms with E-state index in [2.05, 4.69) is 15.3 Å². The fourth-order valence-electron chi connectivity index (χ4n) is 1.79. The maximum atomic E-state index is 12.7.